The molecule has 0 amide bonds. The molecule has 3 aliphatic rings. The minimum atomic E-state index is -3.72. The summed E-state index contributed by atoms with van der Waals surface area (Å²) in [6, 6.07) is 14.9. The van der Waals surface area contributed by atoms with Gasteiger partial charge in [-0.25, -0.2) is 12.8 Å². The van der Waals surface area contributed by atoms with E-state index in [1.165, 1.54) is 15.9 Å². The Morgan fingerprint density at radius 2 is 1.71 bits per heavy atom. The number of anilines is 1. The number of ether oxygens (including phenoxy) is 1. The van der Waals surface area contributed by atoms with E-state index in [0.717, 1.165) is 45.6 Å². The molecule has 3 aliphatic heterocycles. The third kappa shape index (κ3) is 4.87. The first-order valence-corrected chi connectivity index (χ1v) is 13.7. The number of sulfonamides is 1. The van der Waals surface area contributed by atoms with Crippen LogP contribution < -0.4 is 4.90 Å². The first-order chi connectivity index (χ1) is 16.4. The van der Waals surface area contributed by atoms with Gasteiger partial charge in [-0.2, -0.15) is 4.31 Å². The molecular weight excluding hydrogens is 453 g/mol. The van der Waals surface area contributed by atoms with Crippen LogP contribution in [0.4, 0.5) is 10.1 Å². The van der Waals surface area contributed by atoms with Crippen molar-refractivity contribution in [1.82, 2.24) is 9.21 Å². The van der Waals surface area contributed by atoms with Gasteiger partial charge in [0, 0.05) is 52.9 Å². The van der Waals surface area contributed by atoms with Gasteiger partial charge in [0.05, 0.1) is 16.7 Å². The van der Waals surface area contributed by atoms with Gasteiger partial charge >= 0.3 is 0 Å². The molecule has 0 N–H and O–H groups in total. The summed E-state index contributed by atoms with van der Waals surface area (Å²) in [5, 5.41) is 0. The molecule has 6 nitrogen and oxygen atoms in total. The van der Waals surface area contributed by atoms with Crippen molar-refractivity contribution in [3.05, 3.63) is 59.9 Å². The number of benzene rings is 2. The molecule has 0 saturated carbocycles. The van der Waals surface area contributed by atoms with E-state index >= 15 is 4.39 Å². The van der Waals surface area contributed by atoms with Crippen LogP contribution in [-0.2, 0) is 21.3 Å². The summed E-state index contributed by atoms with van der Waals surface area (Å²) in [7, 11) is -2.06. The fourth-order valence-electron chi connectivity index (χ4n) is 5.83. The van der Waals surface area contributed by atoms with Gasteiger partial charge in [-0.15, -0.1) is 0 Å². The Balaban J connectivity index is 1.23. The summed E-state index contributed by atoms with van der Waals surface area (Å²) in [5.74, 6) is 0.571. The Morgan fingerprint density at radius 3 is 2.38 bits per heavy atom. The Bertz CT molecular complexity index is 1080. The molecule has 3 heterocycles. The molecule has 0 aromatic heterocycles. The van der Waals surface area contributed by atoms with Gasteiger partial charge < -0.3 is 9.64 Å². The molecule has 184 valence electrons. The van der Waals surface area contributed by atoms with E-state index < -0.39 is 15.8 Å². The van der Waals surface area contributed by atoms with E-state index in [-0.39, 0.29) is 11.0 Å². The fraction of sp³-hybridized carbons (Fsp3) is 0.538. The molecule has 0 aliphatic carbocycles. The summed E-state index contributed by atoms with van der Waals surface area (Å²) in [6.45, 7) is 5.45. The molecule has 3 atom stereocenters. The number of halogens is 1. The van der Waals surface area contributed by atoms with Crippen LogP contribution in [-0.4, -0.2) is 70.1 Å². The van der Waals surface area contributed by atoms with E-state index in [0.29, 0.717) is 37.0 Å². The Labute approximate surface area is 202 Å². The molecule has 2 aromatic carbocycles. The van der Waals surface area contributed by atoms with Crippen molar-refractivity contribution in [1.29, 1.82) is 0 Å². The molecule has 0 bridgehead atoms. The quantitative estimate of drug-likeness (QED) is 0.624. The molecule has 8 heteroatoms. The second-order valence-corrected chi connectivity index (χ2v) is 11.8. The highest BCUT2D eigenvalue weighted by Gasteiger charge is 2.40. The predicted octanol–water partition coefficient (Wildman–Crippen LogP) is 3.58. The lowest BCUT2D eigenvalue weighted by Crippen LogP contribution is -2.32. The second kappa shape index (κ2) is 9.93. The van der Waals surface area contributed by atoms with E-state index in [2.05, 4.69) is 34.1 Å². The first kappa shape index (κ1) is 23.7. The summed E-state index contributed by atoms with van der Waals surface area (Å²) in [4.78, 5) is 4.62. The summed E-state index contributed by atoms with van der Waals surface area (Å²) >= 11 is 0. The Hall–Kier alpha value is -2.00. The SMILES string of the molecule is COC1CCCN(S(=O)(=O)c2ccc(N3C[C@H]4CN(Cc5ccccc5)C[C@H]4C3)c(F)c2)CC1. The van der Waals surface area contributed by atoms with Gasteiger partial charge in [0.15, 0.2) is 0 Å². The number of likely N-dealkylation sites (tertiary alicyclic amines) is 1. The van der Waals surface area contributed by atoms with E-state index in [1.807, 2.05) is 6.07 Å². The number of hydrogen-bond acceptors (Lipinski definition) is 5. The summed E-state index contributed by atoms with van der Waals surface area (Å²) in [5.41, 5.74) is 1.84. The van der Waals surface area contributed by atoms with Crippen molar-refractivity contribution >= 4 is 15.7 Å². The standard InChI is InChI=1S/C26H34FN3O3S/c1-33-23-8-5-12-30(13-11-23)34(31,32)24-9-10-26(25(27)14-24)29-18-21-16-28(17-22(21)19-29)15-20-6-3-2-4-7-20/h2-4,6-7,9-10,14,21-23H,5,8,11-13,15-19H2,1H3/t21-,22+,23?. The van der Waals surface area contributed by atoms with Crippen LogP contribution in [0.25, 0.3) is 0 Å². The smallest absolute Gasteiger partial charge is 0.243 e. The average molecular weight is 488 g/mol. The Morgan fingerprint density at radius 1 is 0.971 bits per heavy atom. The summed E-state index contributed by atoms with van der Waals surface area (Å²) < 4.78 is 48.4. The minimum absolute atomic E-state index is 0.0399. The van der Waals surface area contributed by atoms with E-state index in [1.54, 1.807) is 19.2 Å². The van der Waals surface area contributed by atoms with Crippen LogP contribution in [0.3, 0.4) is 0 Å². The van der Waals surface area contributed by atoms with Crippen molar-refractivity contribution in [3.8, 4) is 0 Å². The van der Waals surface area contributed by atoms with Crippen LogP contribution in [0.15, 0.2) is 53.4 Å². The maximum absolute atomic E-state index is 15.2. The normalized spacial score (nSPS) is 26.5. The topological polar surface area (TPSA) is 53.1 Å². The van der Waals surface area contributed by atoms with Crippen LogP contribution in [0.2, 0.25) is 0 Å². The highest BCUT2D eigenvalue weighted by molar-refractivity contribution is 7.89. The maximum Gasteiger partial charge on any atom is 0.243 e. The van der Waals surface area contributed by atoms with Gasteiger partial charge in [-0.1, -0.05) is 30.3 Å². The monoisotopic (exact) mass is 487 g/mol. The third-order valence-electron chi connectivity index (χ3n) is 7.68. The van der Waals surface area contributed by atoms with Crippen molar-refractivity contribution in [3.63, 3.8) is 0 Å². The van der Waals surface area contributed by atoms with Crippen molar-refractivity contribution in [2.75, 3.05) is 51.3 Å². The number of nitrogens with zero attached hydrogens (tertiary/aromatic N) is 3. The molecule has 5 rings (SSSR count). The lowest BCUT2D eigenvalue weighted by molar-refractivity contribution is 0.0916. The minimum Gasteiger partial charge on any atom is -0.381 e. The lowest BCUT2D eigenvalue weighted by Gasteiger charge is -2.24. The van der Waals surface area contributed by atoms with Gasteiger partial charge in [0.1, 0.15) is 5.82 Å². The number of fused-ring (bicyclic) bond motifs is 1. The number of methoxy groups -OCH3 is 1. The van der Waals surface area contributed by atoms with Gasteiger partial charge in [0.25, 0.3) is 0 Å². The Kier molecular flexibility index (Phi) is 6.93. The van der Waals surface area contributed by atoms with Crippen molar-refractivity contribution in [2.45, 2.75) is 36.8 Å². The largest absolute Gasteiger partial charge is 0.381 e. The fourth-order valence-corrected chi connectivity index (χ4v) is 7.33. The molecule has 3 saturated heterocycles. The average Bonchev–Trinajstić information content (AvgIpc) is 3.27. The van der Waals surface area contributed by atoms with E-state index in [4.69, 9.17) is 4.74 Å². The molecule has 2 aromatic rings. The molecule has 34 heavy (non-hydrogen) atoms. The highest BCUT2D eigenvalue weighted by Crippen LogP contribution is 2.36. The first-order valence-electron chi connectivity index (χ1n) is 12.3. The van der Waals surface area contributed by atoms with Crippen LogP contribution in [0.5, 0.6) is 0 Å². The van der Waals surface area contributed by atoms with Gasteiger partial charge in [0.2, 0.25) is 10.0 Å². The van der Waals surface area contributed by atoms with Crippen LogP contribution in [0, 0.1) is 17.7 Å². The number of rotatable bonds is 6. The van der Waals surface area contributed by atoms with Crippen molar-refractivity contribution < 1.29 is 17.5 Å². The zero-order valence-corrected chi connectivity index (χ0v) is 20.6. The second-order valence-electron chi connectivity index (χ2n) is 9.91. The molecule has 0 spiro atoms. The molecule has 1 unspecified atom stereocenters. The summed E-state index contributed by atoms with van der Waals surface area (Å²) in [6.07, 6.45) is 2.33. The van der Waals surface area contributed by atoms with Crippen LogP contribution >= 0.6 is 0 Å². The van der Waals surface area contributed by atoms with E-state index in [9.17, 15) is 8.42 Å². The maximum atomic E-state index is 15.2. The molecule has 0 radical (unpaired) electrons. The molecule has 3 fully saturated rings. The number of hydrogen-bond donors (Lipinski definition) is 0. The lowest BCUT2D eigenvalue weighted by atomic mass is 10.0. The zero-order valence-electron chi connectivity index (χ0n) is 19.8. The zero-order chi connectivity index (χ0) is 23.7. The third-order valence-corrected chi connectivity index (χ3v) is 9.57. The highest BCUT2D eigenvalue weighted by atomic mass is 32.2. The van der Waals surface area contributed by atoms with Crippen molar-refractivity contribution in [2.24, 2.45) is 11.8 Å². The van der Waals surface area contributed by atoms with Gasteiger partial charge in [-0.3, -0.25) is 4.90 Å². The van der Waals surface area contributed by atoms with Crippen LogP contribution in [0.1, 0.15) is 24.8 Å². The van der Waals surface area contributed by atoms with Gasteiger partial charge in [-0.05, 0) is 54.9 Å². The molecular formula is C26H34FN3O3S. The predicted molar refractivity (Wildman–Crippen MR) is 131 cm³/mol.